The van der Waals surface area contributed by atoms with Gasteiger partial charge >= 0.3 is 0 Å². The third-order valence-electron chi connectivity index (χ3n) is 10.6. The molecule has 1 aliphatic carbocycles. The van der Waals surface area contributed by atoms with Crippen LogP contribution in [0, 0.1) is 17.8 Å². The Labute approximate surface area is 309 Å². The van der Waals surface area contributed by atoms with E-state index in [1.807, 2.05) is 32.0 Å². The fraction of sp³-hybridized carbons (Fsp3) is 0.625. The van der Waals surface area contributed by atoms with Gasteiger partial charge in [-0.1, -0.05) is 57.0 Å². The van der Waals surface area contributed by atoms with Crippen LogP contribution in [0.1, 0.15) is 87.7 Å². The standard InChI is InChI=1S/C39H57ClN4O3S.CH4O/c1-6-9-11-31(24-43-20-18-42(8-3)19-21-43)36-15-12-32(36)25-44-26-33(35-16-14-34(40)22-29(35)10-7-2)27-47-38-17-13-30(23-37(38)44)39(45)41-48(46)28(4)5;1-2/h9,11,13-14,16-17,22-23,28,31-33,36H,6-8,10,12,15,18-21,24-27H2,1-5H3,(H,41,45);2H,1H3/b11-9+;. The number of nitrogens with one attached hydrogen (secondary N) is 1. The van der Waals surface area contributed by atoms with E-state index < -0.39 is 11.0 Å². The Morgan fingerprint density at radius 3 is 2.44 bits per heavy atom. The number of amides is 1. The van der Waals surface area contributed by atoms with Crippen molar-refractivity contribution < 1.29 is 18.8 Å². The van der Waals surface area contributed by atoms with Crippen molar-refractivity contribution in [2.45, 2.75) is 77.9 Å². The summed E-state index contributed by atoms with van der Waals surface area (Å²) in [5.74, 6) is 2.35. The van der Waals surface area contributed by atoms with Crippen LogP contribution < -0.4 is 14.4 Å². The molecule has 5 atom stereocenters. The van der Waals surface area contributed by atoms with E-state index in [4.69, 9.17) is 21.4 Å². The van der Waals surface area contributed by atoms with Crippen LogP contribution in [0.5, 0.6) is 5.75 Å². The predicted molar refractivity (Wildman–Crippen MR) is 209 cm³/mol. The number of likely N-dealkylation sites (N-methyl/N-ethyl adjacent to an activating group) is 1. The maximum absolute atomic E-state index is 13.2. The number of hydrogen-bond donors (Lipinski definition) is 2. The SMILES string of the molecule is CC/C=C/C(CN1CCN(CC)CC1)C1CCC1CN1CC(c2ccc(Cl)cc2CCC)COc2ccc(C(=O)NS(=O)C(C)C)cc21.CO. The van der Waals surface area contributed by atoms with Crippen LogP contribution in [0.4, 0.5) is 5.69 Å². The first kappa shape index (κ1) is 40.3. The summed E-state index contributed by atoms with van der Waals surface area (Å²) < 4.78 is 21.8. The first-order valence-electron chi connectivity index (χ1n) is 18.8. The molecule has 2 N–H and O–H groups in total. The zero-order valence-corrected chi connectivity index (χ0v) is 32.8. The van der Waals surface area contributed by atoms with Crippen molar-refractivity contribution in [2.24, 2.45) is 17.8 Å². The lowest BCUT2D eigenvalue weighted by molar-refractivity contribution is 0.0756. The number of ether oxygens (including phenoxy) is 1. The number of fused-ring (bicyclic) bond motifs is 1. The number of halogens is 1. The van der Waals surface area contributed by atoms with Crippen molar-refractivity contribution >= 4 is 34.2 Å². The Morgan fingerprint density at radius 2 is 1.80 bits per heavy atom. The summed E-state index contributed by atoms with van der Waals surface area (Å²) in [5, 5.41) is 7.61. The smallest absolute Gasteiger partial charge is 0.263 e. The number of carbonyl (C=O) groups excluding carboxylic acids is 1. The number of anilines is 1. The largest absolute Gasteiger partial charge is 0.491 e. The van der Waals surface area contributed by atoms with Crippen LogP contribution in [0.15, 0.2) is 48.6 Å². The van der Waals surface area contributed by atoms with Crippen LogP contribution in [0.2, 0.25) is 5.02 Å². The monoisotopic (exact) mass is 728 g/mol. The second-order valence-corrected chi connectivity index (χ2v) is 16.4. The topological polar surface area (TPSA) is 85.4 Å². The lowest BCUT2D eigenvalue weighted by Gasteiger charge is -2.46. The van der Waals surface area contributed by atoms with Crippen molar-refractivity contribution in [1.82, 2.24) is 14.5 Å². The molecule has 0 aromatic heterocycles. The maximum atomic E-state index is 13.2. The zero-order valence-electron chi connectivity index (χ0n) is 31.2. The van der Waals surface area contributed by atoms with Gasteiger partial charge in [0.25, 0.3) is 5.91 Å². The van der Waals surface area contributed by atoms with E-state index >= 15 is 0 Å². The van der Waals surface area contributed by atoms with Crippen LogP contribution in [0.3, 0.4) is 0 Å². The molecule has 1 saturated carbocycles. The molecule has 0 bridgehead atoms. The van der Waals surface area contributed by atoms with E-state index in [0.717, 1.165) is 95.2 Å². The maximum Gasteiger partial charge on any atom is 0.263 e. The number of aliphatic hydroxyl groups is 1. The molecule has 2 fully saturated rings. The molecule has 10 heteroatoms. The Balaban J connectivity index is 0.00000276. The quantitative estimate of drug-likeness (QED) is 0.204. The van der Waals surface area contributed by atoms with Gasteiger partial charge in [-0.3, -0.25) is 9.52 Å². The second-order valence-electron chi connectivity index (χ2n) is 14.2. The van der Waals surface area contributed by atoms with Gasteiger partial charge in [0.1, 0.15) is 16.7 Å². The molecule has 5 unspecified atom stereocenters. The first-order valence-corrected chi connectivity index (χ1v) is 20.4. The molecular weight excluding hydrogens is 668 g/mol. The molecule has 8 nitrogen and oxygen atoms in total. The van der Waals surface area contributed by atoms with Gasteiger partial charge in [-0.25, -0.2) is 4.21 Å². The molecule has 0 spiro atoms. The third-order valence-corrected chi connectivity index (χ3v) is 12.1. The molecule has 278 valence electrons. The van der Waals surface area contributed by atoms with E-state index in [-0.39, 0.29) is 17.1 Å². The minimum Gasteiger partial charge on any atom is -0.491 e. The summed E-state index contributed by atoms with van der Waals surface area (Å²) in [5.41, 5.74) is 4.04. The highest BCUT2D eigenvalue weighted by molar-refractivity contribution is 7.84. The van der Waals surface area contributed by atoms with Crippen LogP contribution >= 0.6 is 11.6 Å². The highest BCUT2D eigenvalue weighted by atomic mass is 35.5. The molecule has 2 aromatic carbocycles. The van der Waals surface area contributed by atoms with Crippen LogP contribution in [0.25, 0.3) is 0 Å². The number of hydrogen-bond acceptors (Lipinski definition) is 7. The van der Waals surface area contributed by atoms with Gasteiger partial charge in [0, 0.05) is 74.7 Å². The molecule has 2 heterocycles. The zero-order chi connectivity index (χ0) is 36.2. The highest BCUT2D eigenvalue weighted by Gasteiger charge is 2.39. The normalized spacial score (nSPS) is 22.5. The number of allylic oxidation sites excluding steroid dienone is 1. The number of aliphatic hydroxyl groups excluding tert-OH is 1. The summed E-state index contributed by atoms with van der Waals surface area (Å²) in [4.78, 5) is 21.0. The molecule has 5 rings (SSSR count). The molecular formula is C40H61ClN4O4S. The molecule has 1 amide bonds. The lowest BCUT2D eigenvalue weighted by Crippen LogP contribution is -2.50. The molecule has 1 saturated heterocycles. The van der Waals surface area contributed by atoms with Crippen molar-refractivity contribution in [2.75, 3.05) is 71.0 Å². The average Bonchev–Trinajstić information content (AvgIpc) is 3.29. The minimum absolute atomic E-state index is 0.158. The van der Waals surface area contributed by atoms with Crippen molar-refractivity contribution in [3.8, 4) is 5.75 Å². The molecule has 0 radical (unpaired) electrons. The molecule has 3 aliphatic rings. The van der Waals surface area contributed by atoms with Crippen LogP contribution in [-0.4, -0.2) is 96.3 Å². The Bertz CT molecular complexity index is 1430. The number of nitrogens with zero attached hydrogens (tertiary/aromatic N) is 3. The minimum atomic E-state index is -1.44. The van der Waals surface area contributed by atoms with Gasteiger partial charge in [0.05, 0.1) is 12.3 Å². The third kappa shape index (κ3) is 10.6. The van der Waals surface area contributed by atoms with Crippen LogP contribution in [-0.2, 0) is 17.4 Å². The Kier molecular flexibility index (Phi) is 16.1. The Morgan fingerprint density at radius 1 is 1.06 bits per heavy atom. The summed E-state index contributed by atoms with van der Waals surface area (Å²) in [6, 6.07) is 12.0. The van der Waals surface area contributed by atoms with Gasteiger partial charge in [0.15, 0.2) is 0 Å². The number of piperazine rings is 1. The number of carbonyl (C=O) groups is 1. The summed E-state index contributed by atoms with van der Waals surface area (Å²) in [6.45, 7) is 19.5. The first-order chi connectivity index (χ1) is 24.2. The van der Waals surface area contributed by atoms with E-state index in [9.17, 15) is 9.00 Å². The summed E-state index contributed by atoms with van der Waals surface area (Å²) in [7, 11) is -0.443. The summed E-state index contributed by atoms with van der Waals surface area (Å²) in [6.07, 6.45) is 10.4. The second kappa shape index (κ2) is 20.0. The number of rotatable bonds is 14. The fourth-order valence-corrected chi connectivity index (χ4v) is 8.36. The van der Waals surface area contributed by atoms with Gasteiger partial charge in [-0.15, -0.1) is 0 Å². The van der Waals surface area contributed by atoms with E-state index in [1.165, 1.54) is 24.0 Å². The van der Waals surface area contributed by atoms with Crippen molar-refractivity contribution in [1.29, 1.82) is 0 Å². The van der Waals surface area contributed by atoms with Gasteiger partial charge < -0.3 is 24.5 Å². The van der Waals surface area contributed by atoms with E-state index in [2.05, 4.69) is 64.5 Å². The summed E-state index contributed by atoms with van der Waals surface area (Å²) >= 11 is 6.48. The molecule has 2 aromatic rings. The number of aryl methyl sites for hydroxylation is 1. The van der Waals surface area contributed by atoms with Gasteiger partial charge in [0.2, 0.25) is 0 Å². The van der Waals surface area contributed by atoms with Gasteiger partial charge in [-0.2, -0.15) is 0 Å². The fourth-order valence-electron chi connectivity index (χ4n) is 7.63. The lowest BCUT2D eigenvalue weighted by atomic mass is 9.66. The Hall–Kier alpha value is -2.43. The van der Waals surface area contributed by atoms with E-state index in [1.54, 1.807) is 6.07 Å². The van der Waals surface area contributed by atoms with E-state index in [0.29, 0.717) is 29.9 Å². The average molecular weight is 729 g/mol. The highest BCUT2D eigenvalue weighted by Crippen LogP contribution is 2.44. The molecule has 50 heavy (non-hydrogen) atoms. The van der Waals surface area contributed by atoms with Crippen molar-refractivity contribution in [3.05, 3.63) is 70.3 Å². The van der Waals surface area contributed by atoms with Gasteiger partial charge in [-0.05, 0) is 105 Å². The predicted octanol–water partition coefficient (Wildman–Crippen LogP) is 6.93. The molecule has 2 aliphatic heterocycles. The van der Waals surface area contributed by atoms with Crippen molar-refractivity contribution in [3.63, 3.8) is 0 Å². The number of benzene rings is 2.